The molecule has 0 aromatic rings. The summed E-state index contributed by atoms with van der Waals surface area (Å²) >= 11 is 0. The van der Waals surface area contributed by atoms with E-state index in [1.807, 2.05) is 20.8 Å². The van der Waals surface area contributed by atoms with E-state index in [0.29, 0.717) is 5.92 Å². The van der Waals surface area contributed by atoms with E-state index in [1.165, 1.54) is 0 Å². The Hall–Kier alpha value is -0.790. The van der Waals surface area contributed by atoms with E-state index >= 15 is 0 Å². The van der Waals surface area contributed by atoms with Crippen molar-refractivity contribution in [3.63, 3.8) is 0 Å². The van der Waals surface area contributed by atoms with Crippen molar-refractivity contribution in [2.24, 2.45) is 11.8 Å². The van der Waals surface area contributed by atoms with Crippen LogP contribution in [0.4, 0.5) is 0 Å². The fourth-order valence-electron chi connectivity index (χ4n) is 1.46. The van der Waals surface area contributed by atoms with Gasteiger partial charge in [-0.3, -0.25) is 4.79 Å². The summed E-state index contributed by atoms with van der Waals surface area (Å²) in [6, 6.07) is 0. The molecule has 1 rings (SSSR count). The summed E-state index contributed by atoms with van der Waals surface area (Å²) in [6.45, 7) is 5.96. The maximum Gasteiger partial charge on any atom is 0.314 e. The van der Waals surface area contributed by atoms with Crippen LogP contribution in [-0.2, 0) is 4.79 Å². The molecule has 0 aromatic heterocycles. The normalized spacial score (nSPS) is 23.8. The van der Waals surface area contributed by atoms with Gasteiger partial charge in [0.25, 0.3) is 0 Å². The van der Waals surface area contributed by atoms with Crippen molar-refractivity contribution in [1.82, 2.24) is 0 Å². The Morgan fingerprint density at radius 3 is 2.20 bits per heavy atom. The molecule has 2 nitrogen and oxygen atoms in total. The van der Waals surface area contributed by atoms with Gasteiger partial charge in [0.1, 0.15) is 0 Å². The Morgan fingerprint density at radius 1 is 1.60 bits per heavy atom. The first kappa shape index (κ1) is 7.32. The van der Waals surface area contributed by atoms with Crippen LogP contribution < -0.4 is 0 Å². The van der Waals surface area contributed by atoms with E-state index in [9.17, 15) is 4.79 Å². The minimum Gasteiger partial charge on any atom is -0.481 e. The van der Waals surface area contributed by atoms with Crippen molar-refractivity contribution in [2.75, 3.05) is 0 Å². The molecule has 0 saturated heterocycles. The van der Waals surface area contributed by atoms with E-state index in [4.69, 9.17) is 5.11 Å². The third-order valence-corrected chi connectivity index (χ3v) is 1.98. The molecule has 1 aliphatic rings. The molecule has 0 heterocycles. The predicted octanol–water partition coefficient (Wildman–Crippen LogP) is 1.67. The first-order chi connectivity index (χ1) is 4.55. The van der Waals surface area contributed by atoms with Crippen LogP contribution in [-0.4, -0.2) is 11.1 Å². The lowest BCUT2D eigenvalue weighted by molar-refractivity contribution is -0.138. The van der Waals surface area contributed by atoms with Gasteiger partial charge in [0.15, 0.2) is 0 Å². The molecule has 1 aliphatic carbocycles. The van der Waals surface area contributed by atoms with Crippen molar-refractivity contribution >= 4 is 5.97 Å². The van der Waals surface area contributed by atoms with Crippen LogP contribution >= 0.6 is 0 Å². The smallest absolute Gasteiger partial charge is 0.314 e. The average Bonchev–Trinajstić information content (AvgIpc) is 2.40. The highest BCUT2D eigenvalue weighted by Gasteiger charge is 2.40. The molecule has 0 aliphatic heterocycles. The van der Waals surface area contributed by atoms with Gasteiger partial charge in [-0.1, -0.05) is 19.4 Å². The van der Waals surface area contributed by atoms with Crippen LogP contribution in [0.1, 0.15) is 20.8 Å². The highest BCUT2D eigenvalue weighted by atomic mass is 16.4. The average molecular weight is 140 g/mol. The lowest BCUT2D eigenvalue weighted by Gasteiger charge is -1.96. The summed E-state index contributed by atoms with van der Waals surface area (Å²) in [5, 5.41) is 8.60. The summed E-state index contributed by atoms with van der Waals surface area (Å²) in [6.07, 6.45) is 0. The third kappa shape index (κ3) is 0.939. The van der Waals surface area contributed by atoms with Crippen molar-refractivity contribution < 1.29 is 9.90 Å². The first-order valence-corrected chi connectivity index (χ1v) is 3.49. The molecule has 0 spiro atoms. The van der Waals surface area contributed by atoms with Gasteiger partial charge in [-0.2, -0.15) is 0 Å². The molecule has 0 aromatic carbocycles. The number of hydrogen-bond donors (Lipinski definition) is 1. The zero-order valence-electron chi connectivity index (χ0n) is 6.51. The second-order valence-corrected chi connectivity index (χ2v) is 3.06. The van der Waals surface area contributed by atoms with Crippen LogP contribution in [0.15, 0.2) is 11.1 Å². The monoisotopic (exact) mass is 140 g/mol. The molecule has 1 atom stereocenters. The minimum absolute atomic E-state index is 0.222. The Kier molecular flexibility index (Phi) is 1.55. The Morgan fingerprint density at radius 2 is 2.10 bits per heavy atom. The summed E-state index contributed by atoms with van der Waals surface area (Å²) < 4.78 is 0. The molecular formula is C8H12O2. The van der Waals surface area contributed by atoms with Gasteiger partial charge < -0.3 is 5.11 Å². The maximum atomic E-state index is 10.4. The molecular weight excluding hydrogens is 128 g/mol. The van der Waals surface area contributed by atoms with Gasteiger partial charge in [0.2, 0.25) is 0 Å². The topological polar surface area (TPSA) is 37.3 Å². The fraction of sp³-hybridized carbons (Fsp3) is 0.625. The van der Waals surface area contributed by atoms with E-state index in [-0.39, 0.29) is 5.92 Å². The highest BCUT2D eigenvalue weighted by molar-refractivity contribution is 5.84. The van der Waals surface area contributed by atoms with E-state index in [2.05, 4.69) is 0 Å². The largest absolute Gasteiger partial charge is 0.481 e. The zero-order valence-corrected chi connectivity index (χ0v) is 6.51. The quantitative estimate of drug-likeness (QED) is 0.592. The fourth-order valence-corrected chi connectivity index (χ4v) is 1.46. The third-order valence-electron chi connectivity index (χ3n) is 1.98. The summed E-state index contributed by atoms with van der Waals surface area (Å²) in [5.74, 6) is -0.512. The molecule has 56 valence electrons. The lowest BCUT2D eigenvalue weighted by Crippen LogP contribution is -2.03. The SMILES string of the molecule is CC1=C(C(C)C)C1C(=O)O. The minimum atomic E-state index is -0.693. The van der Waals surface area contributed by atoms with Gasteiger partial charge in [0.05, 0.1) is 5.92 Å². The number of rotatable bonds is 2. The van der Waals surface area contributed by atoms with Gasteiger partial charge in [-0.25, -0.2) is 0 Å². The van der Waals surface area contributed by atoms with Crippen LogP contribution in [0, 0.1) is 11.8 Å². The second kappa shape index (κ2) is 2.11. The molecule has 0 fully saturated rings. The van der Waals surface area contributed by atoms with Crippen molar-refractivity contribution in [3.05, 3.63) is 11.1 Å². The molecule has 2 heteroatoms. The molecule has 0 saturated carbocycles. The van der Waals surface area contributed by atoms with Crippen molar-refractivity contribution in [2.45, 2.75) is 20.8 Å². The maximum absolute atomic E-state index is 10.4. The molecule has 10 heavy (non-hydrogen) atoms. The molecule has 1 N–H and O–H groups in total. The van der Waals surface area contributed by atoms with Gasteiger partial charge >= 0.3 is 5.97 Å². The van der Waals surface area contributed by atoms with E-state index in [1.54, 1.807) is 0 Å². The Bertz CT molecular complexity index is 201. The van der Waals surface area contributed by atoms with Crippen LogP contribution in [0.5, 0.6) is 0 Å². The summed E-state index contributed by atoms with van der Waals surface area (Å²) in [4.78, 5) is 10.4. The summed E-state index contributed by atoms with van der Waals surface area (Å²) in [7, 11) is 0. The van der Waals surface area contributed by atoms with E-state index < -0.39 is 5.97 Å². The zero-order chi connectivity index (χ0) is 7.89. The number of carbonyl (C=O) groups is 1. The van der Waals surface area contributed by atoms with Gasteiger partial charge in [0, 0.05) is 0 Å². The number of carboxylic acids is 1. The number of carboxylic acid groups (broad SMARTS) is 1. The standard InChI is InChI=1S/C8H12O2/c1-4(2)6-5(3)7(6)8(9)10/h4,7H,1-3H3,(H,9,10). The summed E-state index contributed by atoms with van der Waals surface area (Å²) in [5.41, 5.74) is 2.18. The highest BCUT2D eigenvalue weighted by Crippen LogP contribution is 2.43. The second-order valence-electron chi connectivity index (χ2n) is 3.06. The van der Waals surface area contributed by atoms with Crippen LogP contribution in [0.25, 0.3) is 0 Å². The Labute approximate surface area is 60.6 Å². The number of hydrogen-bond acceptors (Lipinski definition) is 1. The molecule has 1 unspecified atom stereocenters. The van der Waals surface area contributed by atoms with Crippen molar-refractivity contribution in [3.8, 4) is 0 Å². The molecule has 0 amide bonds. The van der Waals surface area contributed by atoms with Gasteiger partial charge in [-0.05, 0) is 18.4 Å². The molecule has 0 bridgehead atoms. The predicted molar refractivity (Wildman–Crippen MR) is 38.7 cm³/mol. The van der Waals surface area contributed by atoms with Crippen molar-refractivity contribution in [1.29, 1.82) is 0 Å². The van der Waals surface area contributed by atoms with E-state index in [0.717, 1.165) is 11.1 Å². The number of aliphatic carboxylic acids is 1. The lowest BCUT2D eigenvalue weighted by atomic mass is 10.1. The van der Waals surface area contributed by atoms with Gasteiger partial charge in [-0.15, -0.1) is 0 Å². The van der Waals surface area contributed by atoms with Crippen LogP contribution in [0.2, 0.25) is 0 Å². The van der Waals surface area contributed by atoms with Crippen LogP contribution in [0.3, 0.4) is 0 Å². The first-order valence-electron chi connectivity index (χ1n) is 3.49. The Balaban J connectivity index is 2.60. The molecule has 0 radical (unpaired) electrons.